The fraction of sp³-hybridized carbons (Fsp3) is 0.357. The Labute approximate surface area is 199 Å². The first-order chi connectivity index (χ1) is 16.4. The predicted octanol–water partition coefficient (Wildman–Crippen LogP) is 3.46. The van der Waals surface area contributed by atoms with Crippen LogP contribution in [0.5, 0.6) is 0 Å². The number of carbonyl (C=O) groups excluding carboxylic acids is 1. The number of aromatic nitrogens is 3. The summed E-state index contributed by atoms with van der Waals surface area (Å²) < 4.78 is 0. The van der Waals surface area contributed by atoms with E-state index >= 15 is 0 Å². The molecule has 3 N–H and O–H groups in total. The summed E-state index contributed by atoms with van der Waals surface area (Å²) in [6.45, 7) is 1.75. The molecule has 5 rings (SSSR count). The van der Waals surface area contributed by atoms with E-state index in [-0.39, 0.29) is 11.3 Å². The molecule has 0 spiro atoms. The lowest BCUT2D eigenvalue weighted by atomic mass is 9.52. The Morgan fingerprint density at radius 3 is 2.79 bits per heavy atom. The number of aliphatic hydroxyl groups is 1. The number of nitrogens with two attached hydrogens (primary N) is 1. The normalized spacial score (nSPS) is 25.4. The van der Waals surface area contributed by atoms with Gasteiger partial charge in [-0.15, -0.1) is 5.10 Å². The maximum atomic E-state index is 11.8. The highest BCUT2D eigenvalue weighted by atomic mass is 16.3. The average molecular weight is 453 g/mol. The van der Waals surface area contributed by atoms with E-state index in [1.54, 1.807) is 6.92 Å². The topological polar surface area (TPSA) is 102 Å². The van der Waals surface area contributed by atoms with Gasteiger partial charge in [0.1, 0.15) is 11.3 Å². The Morgan fingerprint density at radius 1 is 1.21 bits per heavy atom. The van der Waals surface area contributed by atoms with E-state index in [9.17, 15) is 9.90 Å². The summed E-state index contributed by atoms with van der Waals surface area (Å²) >= 11 is 0. The molecule has 1 fully saturated rings. The Hall–Kier alpha value is -3.56. The summed E-state index contributed by atoms with van der Waals surface area (Å²) in [6, 6.07) is 16.4. The van der Waals surface area contributed by atoms with Gasteiger partial charge < -0.3 is 10.8 Å². The van der Waals surface area contributed by atoms with Crippen molar-refractivity contribution in [3.05, 3.63) is 88.5 Å². The molecule has 1 saturated carbocycles. The summed E-state index contributed by atoms with van der Waals surface area (Å²) in [5.74, 6) is 5.93. The maximum absolute atomic E-state index is 11.8. The molecule has 2 aliphatic rings. The number of hydrogen-bond donors (Lipinski definition) is 2. The highest BCUT2D eigenvalue weighted by Gasteiger charge is 2.53. The second-order valence-electron chi connectivity index (χ2n) is 9.57. The van der Waals surface area contributed by atoms with Crippen LogP contribution >= 0.6 is 0 Å². The van der Waals surface area contributed by atoms with Crippen molar-refractivity contribution in [2.24, 2.45) is 11.7 Å². The first-order valence-corrected chi connectivity index (χ1v) is 11.8. The van der Waals surface area contributed by atoms with E-state index in [0.29, 0.717) is 29.9 Å². The van der Waals surface area contributed by atoms with Gasteiger partial charge >= 0.3 is 0 Å². The van der Waals surface area contributed by atoms with Crippen molar-refractivity contribution < 1.29 is 9.90 Å². The number of hydrogen-bond acceptors (Lipinski definition) is 5. The largest absolute Gasteiger partial charge is 0.382 e. The summed E-state index contributed by atoms with van der Waals surface area (Å²) in [5.41, 5.74) is 9.07. The molecule has 1 aromatic heterocycles. The van der Waals surface area contributed by atoms with Crippen LogP contribution in [0.15, 0.2) is 54.7 Å². The van der Waals surface area contributed by atoms with Gasteiger partial charge in [-0.25, -0.2) is 4.98 Å². The number of benzene rings is 2. The van der Waals surface area contributed by atoms with Crippen LogP contribution in [0.2, 0.25) is 0 Å². The van der Waals surface area contributed by atoms with Crippen molar-refractivity contribution in [2.75, 3.05) is 0 Å². The molecule has 0 aliphatic heterocycles. The van der Waals surface area contributed by atoms with Gasteiger partial charge in [0.05, 0.1) is 6.20 Å². The van der Waals surface area contributed by atoms with Crippen LogP contribution in [0, 0.1) is 17.8 Å². The number of aryl methyl sites for hydroxylation is 1. The molecular formula is C28H28N4O2. The summed E-state index contributed by atoms with van der Waals surface area (Å²) in [5, 5.41) is 20.0. The minimum absolute atomic E-state index is 0.147. The Kier molecular flexibility index (Phi) is 5.66. The molecule has 172 valence electrons. The van der Waals surface area contributed by atoms with Crippen molar-refractivity contribution in [1.29, 1.82) is 0 Å². The standard InChI is InChI=1S/C28H28N4O2/c1-2-6-23-18-30-32-26(31-23)28(34)14-13-27(16-19-7-4-3-5-8-19)22(17-28)11-9-20-15-21(25(29)33)10-12-24(20)27/h3-5,7-8,10,12,15,18,22,34H,9,11,13-14,16-17H2,1H3,(H2,29,33)/t22-,27+,28-/m1/s1. The zero-order valence-electron chi connectivity index (χ0n) is 19.3. The highest BCUT2D eigenvalue weighted by molar-refractivity contribution is 5.93. The fourth-order valence-electron chi connectivity index (χ4n) is 6.02. The Bertz CT molecular complexity index is 1300. The van der Waals surface area contributed by atoms with E-state index in [0.717, 1.165) is 25.7 Å². The molecule has 6 heteroatoms. The lowest BCUT2D eigenvalue weighted by Crippen LogP contribution is -2.50. The minimum Gasteiger partial charge on any atom is -0.382 e. The molecular weight excluding hydrogens is 424 g/mol. The molecule has 2 aliphatic carbocycles. The Morgan fingerprint density at radius 2 is 2.03 bits per heavy atom. The highest BCUT2D eigenvalue weighted by Crippen LogP contribution is 2.56. The Balaban J connectivity index is 1.56. The molecule has 1 amide bonds. The van der Waals surface area contributed by atoms with Gasteiger partial charge in [0, 0.05) is 11.0 Å². The van der Waals surface area contributed by atoms with Crippen LogP contribution in [-0.2, 0) is 23.9 Å². The third kappa shape index (κ3) is 3.86. The molecule has 3 aromatic rings. The van der Waals surface area contributed by atoms with Gasteiger partial charge in [0.25, 0.3) is 0 Å². The first kappa shape index (κ1) is 22.2. The molecule has 34 heavy (non-hydrogen) atoms. The van der Waals surface area contributed by atoms with Crippen LogP contribution in [0.1, 0.15) is 71.2 Å². The smallest absolute Gasteiger partial charge is 0.248 e. The number of fused-ring (bicyclic) bond motifs is 3. The minimum atomic E-state index is -1.14. The zero-order valence-corrected chi connectivity index (χ0v) is 19.3. The van der Waals surface area contributed by atoms with Crippen LogP contribution in [0.25, 0.3) is 0 Å². The van der Waals surface area contributed by atoms with Crippen LogP contribution < -0.4 is 5.73 Å². The van der Waals surface area contributed by atoms with Crippen molar-refractivity contribution in [2.45, 2.75) is 56.5 Å². The van der Waals surface area contributed by atoms with E-state index in [2.05, 4.69) is 57.4 Å². The van der Waals surface area contributed by atoms with Crippen molar-refractivity contribution >= 4 is 5.91 Å². The third-order valence-corrected chi connectivity index (χ3v) is 7.63. The van der Waals surface area contributed by atoms with Crippen LogP contribution in [0.4, 0.5) is 0 Å². The average Bonchev–Trinajstić information content (AvgIpc) is 2.85. The second-order valence-corrected chi connectivity index (χ2v) is 9.57. The number of amides is 1. The van der Waals surface area contributed by atoms with Crippen molar-refractivity contribution in [1.82, 2.24) is 15.2 Å². The van der Waals surface area contributed by atoms with Crippen molar-refractivity contribution in [3.63, 3.8) is 0 Å². The van der Waals surface area contributed by atoms with E-state index < -0.39 is 11.5 Å². The van der Waals surface area contributed by atoms with E-state index in [1.165, 1.54) is 22.9 Å². The summed E-state index contributed by atoms with van der Waals surface area (Å²) in [6.07, 6.45) is 6.01. The molecule has 0 saturated heterocycles. The summed E-state index contributed by atoms with van der Waals surface area (Å²) in [7, 11) is 0. The van der Waals surface area contributed by atoms with Gasteiger partial charge in [-0.2, -0.15) is 5.10 Å². The molecule has 0 bridgehead atoms. The van der Waals surface area contributed by atoms with E-state index in [4.69, 9.17) is 5.73 Å². The number of primary amides is 1. The maximum Gasteiger partial charge on any atom is 0.248 e. The second kappa shape index (κ2) is 8.66. The SMILES string of the molecule is CC#Cc1cnnc([C@@]2(O)CC[C@@]3(Cc4ccccc4)c4ccc(C(N)=O)cc4CC[C@@H]3C2)n1. The molecule has 2 aromatic carbocycles. The third-order valence-electron chi connectivity index (χ3n) is 7.63. The molecule has 3 atom stereocenters. The quantitative estimate of drug-likeness (QED) is 0.591. The van der Waals surface area contributed by atoms with Crippen LogP contribution in [0.3, 0.4) is 0 Å². The number of nitrogens with zero attached hydrogens (tertiary/aromatic N) is 3. The van der Waals surface area contributed by atoms with Gasteiger partial charge in [-0.05, 0) is 86.1 Å². The zero-order chi connectivity index (χ0) is 23.8. The molecule has 6 nitrogen and oxygen atoms in total. The summed E-state index contributed by atoms with van der Waals surface area (Å²) in [4.78, 5) is 16.3. The van der Waals surface area contributed by atoms with E-state index in [1.807, 2.05) is 18.2 Å². The number of carbonyl (C=O) groups is 1. The van der Waals surface area contributed by atoms with Gasteiger partial charge in [-0.1, -0.05) is 42.3 Å². The first-order valence-electron chi connectivity index (χ1n) is 11.8. The van der Waals surface area contributed by atoms with Crippen molar-refractivity contribution in [3.8, 4) is 11.8 Å². The lowest BCUT2D eigenvalue weighted by Gasteiger charge is -2.53. The molecule has 0 radical (unpaired) electrons. The molecule has 0 unspecified atom stereocenters. The van der Waals surface area contributed by atoms with Gasteiger partial charge in [0.2, 0.25) is 5.91 Å². The monoisotopic (exact) mass is 452 g/mol. The number of rotatable bonds is 4. The molecule has 1 heterocycles. The van der Waals surface area contributed by atoms with Crippen LogP contribution in [-0.4, -0.2) is 26.2 Å². The lowest BCUT2D eigenvalue weighted by molar-refractivity contribution is -0.0626. The van der Waals surface area contributed by atoms with Gasteiger partial charge in [-0.3, -0.25) is 4.79 Å². The fourth-order valence-corrected chi connectivity index (χ4v) is 6.02. The van der Waals surface area contributed by atoms with Gasteiger partial charge in [0.15, 0.2) is 5.82 Å². The predicted molar refractivity (Wildman–Crippen MR) is 129 cm³/mol.